The topological polar surface area (TPSA) is 104 Å². The fourth-order valence-electron chi connectivity index (χ4n) is 5.28. The van der Waals surface area contributed by atoms with Gasteiger partial charge in [0.1, 0.15) is 17.3 Å². The number of carbonyl (C=O) groups is 2. The molecule has 2 aliphatic rings. The second-order valence-corrected chi connectivity index (χ2v) is 10.5. The highest BCUT2D eigenvalue weighted by atomic mass is 19.4. The molecule has 2 heterocycles. The molecule has 1 aliphatic heterocycles. The number of hydrogen-bond acceptors (Lipinski definition) is 6. The van der Waals surface area contributed by atoms with Gasteiger partial charge in [-0.25, -0.2) is 4.98 Å². The van der Waals surface area contributed by atoms with Gasteiger partial charge in [-0.1, -0.05) is 6.07 Å². The molecule has 0 radical (unpaired) electrons. The Morgan fingerprint density at radius 3 is 2.54 bits per heavy atom. The van der Waals surface area contributed by atoms with E-state index in [1.807, 2.05) is 18.2 Å². The summed E-state index contributed by atoms with van der Waals surface area (Å²) in [6.07, 6.45) is -0.473. The van der Waals surface area contributed by atoms with Crippen LogP contribution in [0.3, 0.4) is 0 Å². The number of fused-ring (bicyclic) bond motifs is 1. The Kier molecular flexibility index (Phi) is 8.55. The normalized spacial score (nSPS) is 18.4. The highest BCUT2D eigenvalue weighted by Crippen LogP contribution is 2.34. The predicted octanol–water partition coefficient (Wildman–Crippen LogP) is 4.90. The average Bonchev–Trinajstić information content (AvgIpc) is 3.48. The minimum atomic E-state index is -4.52. The number of benzene rings is 2. The number of ether oxygens (including phenoxy) is 1. The van der Waals surface area contributed by atoms with Gasteiger partial charge in [0.05, 0.1) is 11.5 Å². The molecular formula is C30H32F3N5O3. The number of amides is 2. The van der Waals surface area contributed by atoms with Crippen molar-refractivity contribution >= 4 is 23.3 Å². The molecular weight excluding hydrogens is 535 g/mol. The summed E-state index contributed by atoms with van der Waals surface area (Å²) in [5, 5.41) is 11.6. The van der Waals surface area contributed by atoms with E-state index < -0.39 is 17.7 Å². The summed E-state index contributed by atoms with van der Waals surface area (Å²) in [7, 11) is 1.65. The summed E-state index contributed by atoms with van der Waals surface area (Å²) in [5.41, 5.74) is 1.81. The van der Waals surface area contributed by atoms with Crippen LogP contribution in [0.1, 0.15) is 35.1 Å². The third-order valence-electron chi connectivity index (χ3n) is 7.40. The van der Waals surface area contributed by atoms with Gasteiger partial charge >= 0.3 is 6.18 Å². The van der Waals surface area contributed by atoms with Crippen molar-refractivity contribution in [2.24, 2.45) is 11.8 Å². The van der Waals surface area contributed by atoms with E-state index >= 15 is 0 Å². The van der Waals surface area contributed by atoms with E-state index in [0.717, 1.165) is 36.2 Å². The summed E-state index contributed by atoms with van der Waals surface area (Å²) < 4.78 is 46.3. The lowest BCUT2D eigenvalue weighted by molar-refractivity contribution is -0.137. The molecule has 2 amide bonds. The summed E-state index contributed by atoms with van der Waals surface area (Å²) in [4.78, 5) is 29.8. The van der Waals surface area contributed by atoms with Gasteiger partial charge in [-0.15, -0.1) is 0 Å². The van der Waals surface area contributed by atoms with E-state index in [1.54, 1.807) is 31.4 Å². The van der Waals surface area contributed by atoms with Crippen molar-refractivity contribution in [2.75, 3.05) is 30.8 Å². The van der Waals surface area contributed by atoms with Gasteiger partial charge in [0.2, 0.25) is 11.8 Å². The molecule has 0 bridgehead atoms. The molecule has 2 atom stereocenters. The van der Waals surface area contributed by atoms with E-state index in [2.05, 4.69) is 26.3 Å². The Bertz CT molecular complexity index is 1420. The third kappa shape index (κ3) is 7.22. The number of nitrogens with zero attached hydrogens (tertiary/aromatic N) is 1. The summed E-state index contributed by atoms with van der Waals surface area (Å²) in [5.74, 6) is 0.602. The van der Waals surface area contributed by atoms with E-state index in [-0.39, 0.29) is 30.0 Å². The third-order valence-corrected chi connectivity index (χ3v) is 7.40. The maximum atomic E-state index is 13.4. The number of pyridine rings is 1. The van der Waals surface area contributed by atoms with Crippen LogP contribution in [0.5, 0.6) is 11.5 Å². The van der Waals surface area contributed by atoms with Crippen LogP contribution in [0.2, 0.25) is 0 Å². The van der Waals surface area contributed by atoms with Crippen LogP contribution in [0.4, 0.5) is 24.7 Å². The van der Waals surface area contributed by atoms with Gasteiger partial charge in [0, 0.05) is 37.0 Å². The van der Waals surface area contributed by atoms with Crippen molar-refractivity contribution in [3.8, 4) is 11.5 Å². The van der Waals surface area contributed by atoms with Crippen LogP contribution in [0.15, 0.2) is 54.7 Å². The molecule has 2 aromatic carbocycles. The second kappa shape index (κ2) is 12.3. The van der Waals surface area contributed by atoms with Crippen molar-refractivity contribution in [2.45, 2.75) is 38.4 Å². The fraction of sp³-hybridized carbons (Fsp3) is 0.367. The lowest BCUT2D eigenvalue weighted by atomic mass is 9.83. The summed E-state index contributed by atoms with van der Waals surface area (Å²) in [6, 6.07) is 12.7. The quantitative estimate of drug-likeness (QED) is 0.309. The van der Waals surface area contributed by atoms with Crippen molar-refractivity contribution < 1.29 is 27.5 Å². The largest absolute Gasteiger partial charge is 0.457 e. The van der Waals surface area contributed by atoms with Crippen molar-refractivity contribution in [3.63, 3.8) is 0 Å². The molecule has 4 N–H and O–H groups in total. The number of anilines is 2. The number of aryl methyl sites for hydroxylation is 1. The molecule has 11 heteroatoms. The number of halogens is 3. The SMILES string of the molecule is CNCc1cc(NC(=O)C2CCc3ccc(Oc4ccnc(NC(=O)[C@@H]5CCNC5)c4)cc3C2)cc(C(F)(F)F)c1. The number of hydrogen-bond donors (Lipinski definition) is 4. The first-order chi connectivity index (χ1) is 19.7. The van der Waals surface area contributed by atoms with E-state index in [1.165, 1.54) is 0 Å². The minimum Gasteiger partial charge on any atom is -0.457 e. The fourth-order valence-corrected chi connectivity index (χ4v) is 5.28. The lowest BCUT2D eigenvalue weighted by Gasteiger charge is -2.25. The standard InChI is InChI=1S/C30H32F3N5O3/c1-34-16-18-10-23(30(31,32)33)14-24(11-18)37-28(39)20-3-2-19-4-5-25(13-22(19)12-20)41-26-7-9-36-27(15-26)38-29(40)21-6-8-35-17-21/h4-5,7,9-11,13-15,20-21,34-35H,2-3,6,8,12,16-17H2,1H3,(H,37,39)(H,36,38,40)/t20?,21-/m1/s1. The number of alkyl halides is 3. The van der Waals surface area contributed by atoms with Gasteiger partial charge in [-0.3, -0.25) is 9.59 Å². The number of carbonyl (C=O) groups excluding carboxylic acids is 2. The van der Waals surface area contributed by atoms with Crippen LogP contribution in [-0.4, -0.2) is 36.9 Å². The molecule has 0 saturated carbocycles. The Morgan fingerprint density at radius 1 is 0.976 bits per heavy atom. The monoisotopic (exact) mass is 567 g/mol. The zero-order valence-corrected chi connectivity index (χ0v) is 22.6. The molecule has 1 unspecified atom stereocenters. The molecule has 216 valence electrons. The lowest BCUT2D eigenvalue weighted by Crippen LogP contribution is -2.28. The van der Waals surface area contributed by atoms with E-state index in [4.69, 9.17) is 4.74 Å². The van der Waals surface area contributed by atoms with E-state index in [9.17, 15) is 22.8 Å². The van der Waals surface area contributed by atoms with E-state index in [0.29, 0.717) is 48.7 Å². The second-order valence-electron chi connectivity index (χ2n) is 10.5. The molecule has 41 heavy (non-hydrogen) atoms. The molecule has 1 aromatic heterocycles. The highest BCUT2D eigenvalue weighted by molar-refractivity contribution is 5.93. The van der Waals surface area contributed by atoms with Crippen molar-refractivity contribution in [1.82, 2.24) is 15.6 Å². The highest BCUT2D eigenvalue weighted by Gasteiger charge is 2.32. The first kappa shape index (κ1) is 28.6. The van der Waals surface area contributed by atoms with Gasteiger partial charge in [-0.2, -0.15) is 13.2 Å². The molecule has 1 fully saturated rings. The number of nitrogens with one attached hydrogen (secondary N) is 4. The smallest absolute Gasteiger partial charge is 0.416 e. The van der Waals surface area contributed by atoms with Gasteiger partial charge in [-0.05, 0) is 92.4 Å². The molecule has 5 rings (SSSR count). The zero-order valence-electron chi connectivity index (χ0n) is 22.6. The molecule has 1 aliphatic carbocycles. The molecule has 1 saturated heterocycles. The number of rotatable bonds is 8. The predicted molar refractivity (Wildman–Crippen MR) is 149 cm³/mol. The minimum absolute atomic E-state index is 0.0823. The summed E-state index contributed by atoms with van der Waals surface area (Å²) >= 11 is 0. The van der Waals surface area contributed by atoms with Gasteiger partial charge in [0.15, 0.2) is 0 Å². The van der Waals surface area contributed by atoms with Crippen LogP contribution in [0, 0.1) is 11.8 Å². The Morgan fingerprint density at radius 2 is 1.78 bits per heavy atom. The Balaban J connectivity index is 1.25. The van der Waals surface area contributed by atoms with Crippen LogP contribution in [0.25, 0.3) is 0 Å². The molecule has 3 aromatic rings. The van der Waals surface area contributed by atoms with Crippen LogP contribution >= 0.6 is 0 Å². The van der Waals surface area contributed by atoms with Gasteiger partial charge < -0.3 is 26.0 Å². The summed E-state index contributed by atoms with van der Waals surface area (Å²) in [6.45, 7) is 1.71. The first-order valence-electron chi connectivity index (χ1n) is 13.6. The maximum absolute atomic E-state index is 13.4. The Hall–Kier alpha value is -3.96. The number of aromatic nitrogens is 1. The van der Waals surface area contributed by atoms with Crippen LogP contribution < -0.4 is 26.0 Å². The van der Waals surface area contributed by atoms with Crippen molar-refractivity contribution in [3.05, 3.63) is 77.0 Å². The van der Waals surface area contributed by atoms with Crippen molar-refractivity contribution in [1.29, 1.82) is 0 Å². The van der Waals surface area contributed by atoms with Gasteiger partial charge in [0.25, 0.3) is 0 Å². The maximum Gasteiger partial charge on any atom is 0.416 e. The zero-order chi connectivity index (χ0) is 29.0. The average molecular weight is 568 g/mol. The molecule has 8 nitrogen and oxygen atoms in total. The van der Waals surface area contributed by atoms with Crippen LogP contribution in [-0.2, 0) is 35.2 Å². The first-order valence-corrected chi connectivity index (χ1v) is 13.6. The Labute approximate surface area is 236 Å². The molecule has 0 spiro atoms.